The molecule has 0 aliphatic heterocycles. The van der Waals surface area contributed by atoms with Crippen molar-refractivity contribution in [1.29, 1.82) is 0 Å². The molecule has 0 radical (unpaired) electrons. The lowest BCUT2D eigenvalue weighted by Crippen LogP contribution is -2.25. The van der Waals surface area contributed by atoms with Gasteiger partial charge in [-0.05, 0) is 114 Å². The average Bonchev–Trinajstić information content (AvgIpc) is 4.03. The van der Waals surface area contributed by atoms with Crippen molar-refractivity contribution in [1.82, 2.24) is 19.5 Å². The molecule has 4 heteroatoms. The molecule has 0 atom stereocenters. The van der Waals surface area contributed by atoms with Crippen LogP contribution in [-0.2, 0) is 5.41 Å². The van der Waals surface area contributed by atoms with Gasteiger partial charge in [0.15, 0.2) is 11.6 Å². The highest BCUT2D eigenvalue weighted by Crippen LogP contribution is 2.63. The molecule has 12 aromatic rings. The summed E-state index contributed by atoms with van der Waals surface area (Å²) in [7, 11) is 0. The number of para-hydroxylation sites is 1. The van der Waals surface area contributed by atoms with E-state index in [-0.39, 0.29) is 0 Å². The fourth-order valence-electron chi connectivity index (χ4n) is 11.3. The first-order chi connectivity index (χ1) is 33.7. The highest BCUT2D eigenvalue weighted by molar-refractivity contribution is 6.10. The van der Waals surface area contributed by atoms with Crippen molar-refractivity contribution >= 4 is 21.8 Å². The van der Waals surface area contributed by atoms with E-state index in [1.54, 1.807) is 0 Å². The average molecular weight is 865 g/mol. The maximum absolute atomic E-state index is 5.45. The molecule has 2 aromatic heterocycles. The Morgan fingerprint density at radius 2 is 0.706 bits per heavy atom. The highest BCUT2D eigenvalue weighted by Gasteiger charge is 2.51. The molecule has 68 heavy (non-hydrogen) atoms. The predicted molar refractivity (Wildman–Crippen MR) is 278 cm³/mol. The molecule has 1 spiro atoms. The third-order valence-electron chi connectivity index (χ3n) is 14.3. The molecule has 14 rings (SSSR count). The SMILES string of the molecule is c1ccc(-c2cc(-c3ccccc3)cc(-c3nc(-c4ccccc4)nc(-n4c5ccccc5c5ccc(-c6ccc7c(c6)C6(c8ccccc8-c8ccccc86)c6ccccc6-7)cc54)n3)c2)cc1. The Kier molecular flexibility index (Phi) is 8.46. The van der Waals surface area contributed by atoms with Gasteiger partial charge in [0.25, 0.3) is 0 Å². The minimum Gasteiger partial charge on any atom is -0.278 e. The second-order valence-electron chi connectivity index (χ2n) is 17.9. The van der Waals surface area contributed by atoms with Crippen LogP contribution >= 0.6 is 0 Å². The lowest BCUT2D eigenvalue weighted by Gasteiger charge is -2.30. The molecule has 0 unspecified atom stereocenters. The molecule has 10 aromatic carbocycles. The van der Waals surface area contributed by atoms with Crippen molar-refractivity contribution in [3.8, 4) is 84.4 Å². The van der Waals surface area contributed by atoms with Gasteiger partial charge in [-0.3, -0.25) is 4.57 Å². The number of nitrogens with zero attached hydrogens (tertiary/aromatic N) is 4. The number of hydrogen-bond acceptors (Lipinski definition) is 3. The molecule has 0 amide bonds. The molecule has 4 nitrogen and oxygen atoms in total. The van der Waals surface area contributed by atoms with E-state index in [1.807, 2.05) is 18.2 Å². The zero-order valence-electron chi connectivity index (χ0n) is 36.9. The minimum absolute atomic E-state index is 0.429. The van der Waals surface area contributed by atoms with Gasteiger partial charge in [0.2, 0.25) is 5.95 Å². The quantitative estimate of drug-likeness (QED) is 0.167. The third-order valence-corrected chi connectivity index (χ3v) is 14.3. The highest BCUT2D eigenvalue weighted by atomic mass is 15.2. The van der Waals surface area contributed by atoms with E-state index in [0.717, 1.165) is 66.3 Å². The van der Waals surface area contributed by atoms with Gasteiger partial charge >= 0.3 is 0 Å². The van der Waals surface area contributed by atoms with Gasteiger partial charge in [-0.25, -0.2) is 4.98 Å². The Morgan fingerprint density at radius 3 is 1.31 bits per heavy atom. The second kappa shape index (κ2) is 15.0. The molecule has 2 heterocycles. The van der Waals surface area contributed by atoms with Crippen LogP contribution in [0.3, 0.4) is 0 Å². The number of benzene rings is 10. The summed E-state index contributed by atoms with van der Waals surface area (Å²) in [5.41, 5.74) is 20.7. The first kappa shape index (κ1) is 38.3. The van der Waals surface area contributed by atoms with Crippen molar-refractivity contribution in [2.24, 2.45) is 0 Å². The van der Waals surface area contributed by atoms with Crippen LogP contribution in [0, 0.1) is 0 Å². The predicted octanol–water partition coefficient (Wildman–Crippen LogP) is 15.6. The van der Waals surface area contributed by atoms with Crippen LogP contribution < -0.4 is 0 Å². The second-order valence-corrected chi connectivity index (χ2v) is 17.9. The zero-order valence-corrected chi connectivity index (χ0v) is 36.9. The summed E-state index contributed by atoms with van der Waals surface area (Å²) in [6.45, 7) is 0. The summed E-state index contributed by atoms with van der Waals surface area (Å²) < 4.78 is 2.24. The van der Waals surface area contributed by atoms with Gasteiger partial charge < -0.3 is 0 Å². The zero-order chi connectivity index (χ0) is 44.8. The van der Waals surface area contributed by atoms with Crippen molar-refractivity contribution in [3.63, 3.8) is 0 Å². The molecule has 0 saturated heterocycles. The Labute approximate surface area is 394 Å². The normalized spacial score (nSPS) is 12.8. The van der Waals surface area contributed by atoms with Crippen LogP contribution in [0.1, 0.15) is 22.3 Å². The van der Waals surface area contributed by atoms with E-state index in [0.29, 0.717) is 17.6 Å². The first-order valence-electron chi connectivity index (χ1n) is 23.3. The minimum atomic E-state index is -0.429. The van der Waals surface area contributed by atoms with Crippen LogP contribution in [0.4, 0.5) is 0 Å². The Bertz CT molecular complexity index is 3840. The summed E-state index contributed by atoms with van der Waals surface area (Å²) in [5.74, 6) is 1.78. The number of hydrogen-bond donors (Lipinski definition) is 0. The molecule has 2 aliphatic carbocycles. The van der Waals surface area contributed by atoms with Crippen molar-refractivity contribution < 1.29 is 0 Å². The molecule has 2 aliphatic rings. The number of rotatable bonds is 6. The van der Waals surface area contributed by atoms with E-state index >= 15 is 0 Å². The molecule has 0 saturated carbocycles. The number of aromatic nitrogens is 4. The van der Waals surface area contributed by atoms with Gasteiger partial charge in [-0.1, -0.05) is 206 Å². The van der Waals surface area contributed by atoms with E-state index in [2.05, 4.69) is 229 Å². The van der Waals surface area contributed by atoms with Gasteiger partial charge in [0, 0.05) is 21.9 Å². The summed E-state index contributed by atoms with van der Waals surface area (Å²) in [6, 6.07) is 87.6. The summed E-state index contributed by atoms with van der Waals surface area (Å²) in [5, 5.41) is 2.27. The largest absolute Gasteiger partial charge is 0.278 e. The maximum Gasteiger partial charge on any atom is 0.238 e. The summed E-state index contributed by atoms with van der Waals surface area (Å²) in [6.07, 6.45) is 0. The van der Waals surface area contributed by atoms with Crippen LogP contribution in [0.15, 0.2) is 243 Å². The lowest BCUT2D eigenvalue weighted by atomic mass is 9.70. The maximum atomic E-state index is 5.45. The smallest absolute Gasteiger partial charge is 0.238 e. The van der Waals surface area contributed by atoms with Crippen LogP contribution in [0.25, 0.3) is 106 Å². The van der Waals surface area contributed by atoms with Crippen molar-refractivity contribution in [3.05, 3.63) is 265 Å². The Morgan fingerprint density at radius 1 is 0.265 bits per heavy atom. The van der Waals surface area contributed by atoms with Gasteiger partial charge in [0.05, 0.1) is 16.4 Å². The summed E-state index contributed by atoms with van der Waals surface area (Å²) in [4.78, 5) is 16.0. The lowest BCUT2D eigenvalue weighted by molar-refractivity contribution is 0.794. The van der Waals surface area contributed by atoms with Crippen LogP contribution in [-0.4, -0.2) is 19.5 Å². The van der Waals surface area contributed by atoms with Crippen molar-refractivity contribution in [2.75, 3.05) is 0 Å². The molecule has 0 N–H and O–H groups in total. The van der Waals surface area contributed by atoms with E-state index < -0.39 is 5.41 Å². The van der Waals surface area contributed by atoms with Gasteiger partial charge in [0.1, 0.15) is 0 Å². The Balaban J connectivity index is 0.989. The standard InChI is InChI=1S/C64H40N4/c1-4-18-41(19-5-1)46-36-47(42-20-6-2-7-21-42)38-48(37-46)62-65-61(43-22-8-3-9-23-43)66-63(67-62)68-59-31-17-13-27-53(59)54-35-33-45(40-60(54)68)44-32-34-52-51-26-12-16-30-57(51)64(58(52)39-44)55-28-14-10-24-49(55)50-25-11-15-29-56(50)64/h1-40H. The van der Waals surface area contributed by atoms with E-state index in [1.165, 1.54) is 44.5 Å². The van der Waals surface area contributed by atoms with Crippen molar-refractivity contribution in [2.45, 2.75) is 5.41 Å². The van der Waals surface area contributed by atoms with E-state index in [9.17, 15) is 0 Å². The van der Waals surface area contributed by atoms with Crippen LogP contribution in [0.5, 0.6) is 0 Å². The fraction of sp³-hybridized carbons (Fsp3) is 0.0156. The van der Waals surface area contributed by atoms with Crippen LogP contribution in [0.2, 0.25) is 0 Å². The molecule has 316 valence electrons. The van der Waals surface area contributed by atoms with Gasteiger partial charge in [-0.2, -0.15) is 9.97 Å². The summed E-state index contributed by atoms with van der Waals surface area (Å²) >= 11 is 0. The molecular weight excluding hydrogens is 825 g/mol. The Hall–Kier alpha value is -8.99. The first-order valence-corrected chi connectivity index (χ1v) is 23.3. The van der Waals surface area contributed by atoms with Gasteiger partial charge in [-0.15, -0.1) is 0 Å². The fourth-order valence-corrected chi connectivity index (χ4v) is 11.3. The molecule has 0 bridgehead atoms. The monoisotopic (exact) mass is 864 g/mol. The third kappa shape index (κ3) is 5.71. The van der Waals surface area contributed by atoms with E-state index in [4.69, 9.17) is 15.0 Å². The topological polar surface area (TPSA) is 43.6 Å². The molecular formula is C64H40N4. The number of fused-ring (bicyclic) bond motifs is 13. The molecule has 0 fully saturated rings.